The van der Waals surface area contributed by atoms with Gasteiger partial charge >= 0.3 is 5.63 Å². The third kappa shape index (κ3) is 2.48. The molecule has 1 aromatic carbocycles. The molecule has 0 bridgehead atoms. The van der Waals surface area contributed by atoms with E-state index in [1.54, 1.807) is 41.8 Å². The molecule has 0 atom stereocenters. The summed E-state index contributed by atoms with van der Waals surface area (Å²) >= 11 is 0. The first-order valence-electron chi connectivity index (χ1n) is 7.61. The summed E-state index contributed by atoms with van der Waals surface area (Å²) in [6.45, 7) is 1.58. The molecule has 0 spiro atoms. The monoisotopic (exact) mass is 336 g/mol. The Balaban J connectivity index is 2.11. The van der Waals surface area contributed by atoms with Gasteiger partial charge in [0, 0.05) is 17.8 Å². The van der Waals surface area contributed by atoms with Gasteiger partial charge in [-0.15, -0.1) is 0 Å². The summed E-state index contributed by atoms with van der Waals surface area (Å²) in [6, 6.07) is 12.6. The topological polar surface area (TPSA) is 67.7 Å². The maximum absolute atomic E-state index is 13.3. The maximum Gasteiger partial charge on any atom is 0.349 e. The number of hydrogen-bond acceptors (Lipinski definition) is 4. The molecule has 0 aliphatic rings. The van der Waals surface area contributed by atoms with E-state index in [1.165, 1.54) is 18.2 Å². The molecule has 25 heavy (non-hydrogen) atoms. The lowest BCUT2D eigenvalue weighted by molar-refractivity contribution is 0.438. The first-order chi connectivity index (χ1) is 12.0. The highest BCUT2D eigenvalue weighted by Crippen LogP contribution is 2.35. The number of imidazole rings is 1. The Morgan fingerprint density at radius 3 is 2.64 bits per heavy atom. The van der Waals surface area contributed by atoms with Gasteiger partial charge in [-0.05, 0) is 43.3 Å². The number of hydrogen-bond donors (Lipinski definition) is 1. The molecule has 3 heterocycles. The summed E-state index contributed by atoms with van der Waals surface area (Å²) in [6.07, 6.45) is 1.74. The number of benzene rings is 1. The van der Waals surface area contributed by atoms with Crippen LogP contribution in [0.2, 0.25) is 0 Å². The minimum atomic E-state index is -0.661. The van der Waals surface area contributed by atoms with E-state index in [1.807, 2.05) is 6.07 Å². The Hall–Kier alpha value is -3.41. The second kappa shape index (κ2) is 5.59. The van der Waals surface area contributed by atoms with Gasteiger partial charge in [-0.1, -0.05) is 6.07 Å². The van der Waals surface area contributed by atoms with E-state index in [2.05, 4.69) is 4.98 Å². The van der Waals surface area contributed by atoms with Crippen LogP contribution in [-0.2, 0) is 0 Å². The number of aromatic hydroxyl groups is 1. The fourth-order valence-corrected chi connectivity index (χ4v) is 2.86. The first-order valence-corrected chi connectivity index (χ1v) is 7.61. The number of rotatable bonds is 2. The molecule has 5 nitrogen and oxygen atoms in total. The first kappa shape index (κ1) is 15.1. The summed E-state index contributed by atoms with van der Waals surface area (Å²) in [5.74, 6) is -0.252. The molecule has 4 aromatic rings. The van der Waals surface area contributed by atoms with E-state index >= 15 is 0 Å². The van der Waals surface area contributed by atoms with Gasteiger partial charge in [0.25, 0.3) is 0 Å². The fraction of sp³-hybridized carbons (Fsp3) is 0.0526. The molecule has 0 saturated heterocycles. The highest BCUT2D eigenvalue weighted by molar-refractivity contribution is 5.83. The van der Waals surface area contributed by atoms with Gasteiger partial charge in [0.05, 0.1) is 11.4 Å². The Morgan fingerprint density at radius 1 is 1.16 bits per heavy atom. The highest BCUT2D eigenvalue weighted by atomic mass is 19.1. The third-order valence-corrected chi connectivity index (χ3v) is 3.94. The fourth-order valence-electron chi connectivity index (χ4n) is 2.86. The van der Waals surface area contributed by atoms with Gasteiger partial charge in [0.15, 0.2) is 0 Å². The standard InChI is InChI=1S/C19H13FN2O3/c1-11-10-14(23)16(19(24)25-11)18-17(12-5-7-13(20)8-6-12)21-15-4-2-3-9-22(15)18/h2-10,23H,1H3. The van der Waals surface area contributed by atoms with Crippen molar-refractivity contribution in [2.45, 2.75) is 6.92 Å². The van der Waals surface area contributed by atoms with Crippen LogP contribution in [0.3, 0.4) is 0 Å². The summed E-state index contributed by atoms with van der Waals surface area (Å²) in [5.41, 5.74) is 1.43. The summed E-state index contributed by atoms with van der Waals surface area (Å²) in [7, 11) is 0. The van der Waals surface area contributed by atoms with Gasteiger partial charge < -0.3 is 9.52 Å². The van der Waals surface area contributed by atoms with Crippen LogP contribution >= 0.6 is 0 Å². The van der Waals surface area contributed by atoms with Crippen molar-refractivity contribution in [3.63, 3.8) is 0 Å². The van der Waals surface area contributed by atoms with Crippen LogP contribution in [0.1, 0.15) is 5.76 Å². The minimum Gasteiger partial charge on any atom is -0.507 e. The maximum atomic E-state index is 13.3. The molecule has 124 valence electrons. The highest BCUT2D eigenvalue weighted by Gasteiger charge is 2.22. The SMILES string of the molecule is Cc1cc(O)c(-c2c(-c3ccc(F)cc3)nc3ccccn23)c(=O)o1. The zero-order valence-electron chi connectivity index (χ0n) is 13.2. The number of aryl methyl sites for hydroxylation is 1. The Bertz CT molecular complexity index is 1140. The van der Waals surface area contributed by atoms with Crippen molar-refractivity contribution in [1.82, 2.24) is 9.38 Å². The average molecular weight is 336 g/mol. The molecule has 0 unspecified atom stereocenters. The van der Waals surface area contributed by atoms with Crippen molar-refractivity contribution in [2.24, 2.45) is 0 Å². The summed E-state index contributed by atoms with van der Waals surface area (Å²) in [4.78, 5) is 17.0. The molecule has 0 aliphatic heterocycles. The van der Waals surface area contributed by atoms with Crippen LogP contribution in [0.15, 0.2) is 63.9 Å². The van der Waals surface area contributed by atoms with Crippen LogP contribution in [0.25, 0.3) is 28.2 Å². The predicted octanol–water partition coefficient (Wildman–Crippen LogP) is 3.77. The molecule has 0 saturated carbocycles. The van der Waals surface area contributed by atoms with Gasteiger partial charge in [0.1, 0.15) is 28.5 Å². The van der Waals surface area contributed by atoms with Crippen LogP contribution < -0.4 is 5.63 Å². The largest absolute Gasteiger partial charge is 0.507 e. The minimum absolute atomic E-state index is 0.0172. The van der Waals surface area contributed by atoms with Crippen molar-refractivity contribution >= 4 is 5.65 Å². The Morgan fingerprint density at radius 2 is 1.92 bits per heavy atom. The van der Waals surface area contributed by atoms with Crippen molar-refractivity contribution < 1.29 is 13.9 Å². The molecule has 0 radical (unpaired) electrons. The van der Waals surface area contributed by atoms with Crippen LogP contribution in [-0.4, -0.2) is 14.5 Å². The van der Waals surface area contributed by atoms with Crippen molar-refractivity contribution in [1.29, 1.82) is 0 Å². The van der Waals surface area contributed by atoms with Crippen LogP contribution in [0, 0.1) is 12.7 Å². The molecular weight excluding hydrogens is 323 g/mol. The Kier molecular flexibility index (Phi) is 3.39. The second-order valence-corrected chi connectivity index (χ2v) is 5.65. The van der Waals surface area contributed by atoms with Crippen LogP contribution in [0.4, 0.5) is 4.39 Å². The zero-order chi connectivity index (χ0) is 17.6. The van der Waals surface area contributed by atoms with E-state index < -0.39 is 5.63 Å². The molecule has 3 aromatic heterocycles. The normalized spacial score (nSPS) is 11.1. The third-order valence-electron chi connectivity index (χ3n) is 3.94. The van der Waals surface area contributed by atoms with Crippen LogP contribution in [0.5, 0.6) is 5.75 Å². The lowest BCUT2D eigenvalue weighted by atomic mass is 10.1. The van der Waals surface area contributed by atoms with Gasteiger partial charge in [0.2, 0.25) is 0 Å². The van der Waals surface area contributed by atoms with E-state index in [0.29, 0.717) is 28.4 Å². The average Bonchev–Trinajstić information content (AvgIpc) is 2.94. The number of pyridine rings is 1. The van der Waals surface area contributed by atoms with E-state index in [9.17, 15) is 14.3 Å². The number of nitrogens with zero attached hydrogens (tertiary/aromatic N) is 2. The zero-order valence-corrected chi connectivity index (χ0v) is 13.2. The number of fused-ring (bicyclic) bond motifs is 1. The lowest BCUT2D eigenvalue weighted by Gasteiger charge is -2.07. The molecule has 6 heteroatoms. The van der Waals surface area contributed by atoms with E-state index in [4.69, 9.17) is 4.42 Å². The van der Waals surface area contributed by atoms with Crippen molar-refractivity contribution in [3.05, 3.63) is 76.7 Å². The summed E-state index contributed by atoms with van der Waals surface area (Å²) < 4.78 is 20.1. The molecule has 0 fully saturated rings. The van der Waals surface area contributed by atoms with Gasteiger partial charge in [-0.3, -0.25) is 4.40 Å². The lowest BCUT2D eigenvalue weighted by Crippen LogP contribution is -2.06. The smallest absolute Gasteiger partial charge is 0.349 e. The van der Waals surface area contributed by atoms with E-state index in [0.717, 1.165) is 0 Å². The number of aromatic nitrogens is 2. The molecule has 0 amide bonds. The van der Waals surface area contributed by atoms with E-state index in [-0.39, 0.29) is 17.1 Å². The molecule has 4 rings (SSSR count). The van der Waals surface area contributed by atoms with Gasteiger partial charge in [-0.2, -0.15) is 0 Å². The number of halogens is 1. The second-order valence-electron chi connectivity index (χ2n) is 5.65. The van der Waals surface area contributed by atoms with Crippen molar-refractivity contribution in [3.8, 4) is 28.3 Å². The Labute approximate surface area is 141 Å². The van der Waals surface area contributed by atoms with Gasteiger partial charge in [-0.25, -0.2) is 14.2 Å². The molecule has 0 aliphatic carbocycles. The molecule has 1 N–H and O–H groups in total. The predicted molar refractivity (Wildman–Crippen MR) is 91.0 cm³/mol. The quantitative estimate of drug-likeness (QED) is 0.605. The molecular formula is C19H13FN2O3. The summed E-state index contributed by atoms with van der Waals surface area (Å²) in [5, 5.41) is 10.4. The van der Waals surface area contributed by atoms with Crippen molar-refractivity contribution in [2.75, 3.05) is 0 Å².